The van der Waals surface area contributed by atoms with Crippen LogP contribution >= 0.6 is 0 Å². The van der Waals surface area contributed by atoms with E-state index in [2.05, 4.69) is 5.32 Å². The third-order valence-corrected chi connectivity index (χ3v) is 4.02. The maximum Gasteiger partial charge on any atom is 0.310 e. The standard InChI is InChI=1S/C23H20FNO4/c24-18-11-13-19(14-12-18)25-23(27)22(17-7-3-1-4-8-17)29-21(26)15-16-28-20-9-5-2-6-10-20/h1-14,22H,15-16H2,(H,25,27). The van der Waals surface area contributed by atoms with E-state index in [0.29, 0.717) is 17.0 Å². The van der Waals surface area contributed by atoms with Crippen molar-refractivity contribution < 1.29 is 23.5 Å². The molecule has 29 heavy (non-hydrogen) atoms. The van der Waals surface area contributed by atoms with Crippen molar-refractivity contribution in [3.63, 3.8) is 0 Å². The Bertz CT molecular complexity index is 930. The van der Waals surface area contributed by atoms with Gasteiger partial charge in [0.05, 0.1) is 13.0 Å². The average Bonchev–Trinajstić information content (AvgIpc) is 2.75. The quantitative estimate of drug-likeness (QED) is 0.572. The van der Waals surface area contributed by atoms with Crippen molar-refractivity contribution in [3.05, 3.63) is 96.3 Å². The zero-order valence-corrected chi connectivity index (χ0v) is 15.6. The van der Waals surface area contributed by atoms with Crippen LogP contribution in [0.5, 0.6) is 5.75 Å². The minimum absolute atomic E-state index is 0.0118. The number of hydrogen-bond donors (Lipinski definition) is 1. The van der Waals surface area contributed by atoms with Crippen molar-refractivity contribution in [1.29, 1.82) is 0 Å². The Hall–Kier alpha value is -3.67. The zero-order chi connectivity index (χ0) is 20.5. The highest BCUT2D eigenvalue weighted by Gasteiger charge is 2.25. The highest BCUT2D eigenvalue weighted by Crippen LogP contribution is 2.21. The third kappa shape index (κ3) is 6.17. The van der Waals surface area contributed by atoms with E-state index >= 15 is 0 Å². The van der Waals surface area contributed by atoms with Gasteiger partial charge in [0.2, 0.25) is 6.10 Å². The molecule has 5 nitrogen and oxygen atoms in total. The van der Waals surface area contributed by atoms with Crippen molar-refractivity contribution in [2.75, 3.05) is 11.9 Å². The number of halogens is 1. The molecule has 0 bridgehead atoms. The predicted octanol–water partition coefficient (Wildman–Crippen LogP) is 4.52. The van der Waals surface area contributed by atoms with Gasteiger partial charge in [-0.25, -0.2) is 4.39 Å². The minimum Gasteiger partial charge on any atom is -0.493 e. The van der Waals surface area contributed by atoms with E-state index in [-0.39, 0.29) is 13.0 Å². The van der Waals surface area contributed by atoms with Crippen LogP contribution in [0.3, 0.4) is 0 Å². The molecule has 3 rings (SSSR count). The van der Waals surface area contributed by atoms with E-state index in [1.807, 2.05) is 18.2 Å². The summed E-state index contributed by atoms with van der Waals surface area (Å²) in [4.78, 5) is 25.0. The van der Waals surface area contributed by atoms with Crippen LogP contribution < -0.4 is 10.1 Å². The second-order valence-corrected chi connectivity index (χ2v) is 6.19. The van der Waals surface area contributed by atoms with Gasteiger partial charge in [-0.1, -0.05) is 48.5 Å². The van der Waals surface area contributed by atoms with Gasteiger partial charge in [-0.05, 0) is 36.4 Å². The van der Waals surface area contributed by atoms with Crippen LogP contribution in [-0.2, 0) is 14.3 Å². The van der Waals surface area contributed by atoms with Crippen molar-refractivity contribution in [2.24, 2.45) is 0 Å². The Morgan fingerprint density at radius 1 is 0.862 bits per heavy atom. The Morgan fingerprint density at radius 2 is 1.48 bits per heavy atom. The number of anilines is 1. The second kappa shape index (κ2) is 10.0. The van der Waals surface area contributed by atoms with Gasteiger partial charge in [-0.2, -0.15) is 0 Å². The molecule has 1 amide bonds. The van der Waals surface area contributed by atoms with Crippen molar-refractivity contribution >= 4 is 17.6 Å². The molecule has 1 N–H and O–H groups in total. The molecular weight excluding hydrogens is 373 g/mol. The van der Waals surface area contributed by atoms with E-state index in [0.717, 1.165) is 0 Å². The molecule has 3 aromatic rings. The maximum absolute atomic E-state index is 13.1. The second-order valence-electron chi connectivity index (χ2n) is 6.19. The molecule has 0 saturated heterocycles. The van der Waals surface area contributed by atoms with Crippen molar-refractivity contribution in [3.8, 4) is 5.75 Å². The number of ether oxygens (including phenoxy) is 2. The number of rotatable bonds is 8. The molecule has 0 heterocycles. The van der Waals surface area contributed by atoms with E-state index in [1.165, 1.54) is 24.3 Å². The molecule has 1 atom stereocenters. The van der Waals surface area contributed by atoms with Crippen molar-refractivity contribution in [2.45, 2.75) is 12.5 Å². The molecule has 0 aromatic heterocycles. The number of carbonyl (C=O) groups excluding carboxylic acids is 2. The number of hydrogen-bond acceptors (Lipinski definition) is 4. The fraction of sp³-hybridized carbons (Fsp3) is 0.130. The molecule has 0 fully saturated rings. The van der Waals surface area contributed by atoms with Gasteiger partial charge in [0.25, 0.3) is 5.91 Å². The number of para-hydroxylation sites is 1. The predicted molar refractivity (Wildman–Crippen MR) is 107 cm³/mol. The molecule has 0 aliphatic rings. The van der Waals surface area contributed by atoms with Gasteiger partial charge in [0.1, 0.15) is 11.6 Å². The van der Waals surface area contributed by atoms with Crippen LogP contribution in [0.15, 0.2) is 84.9 Å². The summed E-state index contributed by atoms with van der Waals surface area (Å²) in [6.07, 6.45) is -1.15. The zero-order valence-electron chi connectivity index (χ0n) is 15.6. The van der Waals surface area contributed by atoms with Gasteiger partial charge < -0.3 is 14.8 Å². The monoisotopic (exact) mass is 393 g/mol. The third-order valence-electron chi connectivity index (χ3n) is 4.02. The molecule has 0 radical (unpaired) electrons. The molecule has 0 aliphatic carbocycles. The first-order valence-electron chi connectivity index (χ1n) is 9.10. The molecule has 0 spiro atoms. The highest BCUT2D eigenvalue weighted by molar-refractivity contribution is 5.96. The first-order valence-corrected chi connectivity index (χ1v) is 9.10. The number of benzene rings is 3. The van der Waals surface area contributed by atoms with E-state index in [9.17, 15) is 14.0 Å². The van der Waals surface area contributed by atoms with Crippen LogP contribution in [0.1, 0.15) is 18.1 Å². The Morgan fingerprint density at radius 3 is 2.14 bits per heavy atom. The SMILES string of the molecule is O=C(CCOc1ccccc1)OC(C(=O)Nc1ccc(F)cc1)c1ccccc1. The number of nitrogens with one attached hydrogen (secondary N) is 1. The van der Waals surface area contributed by atoms with Crippen LogP contribution in [0, 0.1) is 5.82 Å². The molecule has 6 heteroatoms. The van der Waals surface area contributed by atoms with Gasteiger partial charge in [-0.3, -0.25) is 9.59 Å². The summed E-state index contributed by atoms with van der Waals surface area (Å²) in [6.45, 7) is 0.129. The van der Waals surface area contributed by atoms with Gasteiger partial charge in [0.15, 0.2) is 0 Å². The van der Waals surface area contributed by atoms with Gasteiger partial charge in [0, 0.05) is 11.3 Å². The number of esters is 1. The first-order chi connectivity index (χ1) is 14.1. The molecule has 0 aliphatic heterocycles. The maximum atomic E-state index is 13.1. The first kappa shape index (κ1) is 20.1. The summed E-state index contributed by atoms with van der Waals surface area (Å²) in [6, 6.07) is 23.1. The summed E-state index contributed by atoms with van der Waals surface area (Å²) in [5.41, 5.74) is 0.935. The fourth-order valence-electron chi connectivity index (χ4n) is 2.60. The molecule has 3 aromatic carbocycles. The van der Waals surface area contributed by atoms with Crippen LogP contribution in [0.2, 0.25) is 0 Å². The summed E-state index contributed by atoms with van der Waals surface area (Å²) < 4.78 is 24.0. The lowest BCUT2D eigenvalue weighted by atomic mass is 10.1. The fourth-order valence-corrected chi connectivity index (χ4v) is 2.60. The number of amides is 1. The average molecular weight is 393 g/mol. The molecule has 0 saturated carbocycles. The summed E-state index contributed by atoms with van der Waals surface area (Å²) in [7, 11) is 0. The van der Waals surface area contributed by atoms with E-state index in [1.54, 1.807) is 42.5 Å². The highest BCUT2D eigenvalue weighted by atomic mass is 19.1. The lowest BCUT2D eigenvalue weighted by Crippen LogP contribution is -2.26. The summed E-state index contributed by atoms with van der Waals surface area (Å²) >= 11 is 0. The molecule has 148 valence electrons. The largest absolute Gasteiger partial charge is 0.493 e. The number of carbonyl (C=O) groups is 2. The minimum atomic E-state index is -1.13. The summed E-state index contributed by atoms with van der Waals surface area (Å²) in [5.74, 6) is -0.856. The van der Waals surface area contributed by atoms with E-state index in [4.69, 9.17) is 9.47 Å². The van der Waals surface area contributed by atoms with Crippen LogP contribution in [0.4, 0.5) is 10.1 Å². The van der Waals surface area contributed by atoms with Gasteiger partial charge in [-0.15, -0.1) is 0 Å². The molecule has 1 unspecified atom stereocenters. The molecular formula is C23H20FNO4. The van der Waals surface area contributed by atoms with Gasteiger partial charge >= 0.3 is 5.97 Å². The van der Waals surface area contributed by atoms with Crippen molar-refractivity contribution in [1.82, 2.24) is 0 Å². The topological polar surface area (TPSA) is 64.6 Å². The van der Waals surface area contributed by atoms with Crippen LogP contribution in [-0.4, -0.2) is 18.5 Å². The normalized spacial score (nSPS) is 11.3. The Labute approximate surface area is 168 Å². The lowest BCUT2D eigenvalue weighted by molar-refractivity contribution is -0.155. The summed E-state index contributed by atoms with van der Waals surface area (Å²) in [5, 5.41) is 2.64. The van der Waals surface area contributed by atoms with E-state index < -0.39 is 23.8 Å². The smallest absolute Gasteiger partial charge is 0.310 e. The lowest BCUT2D eigenvalue weighted by Gasteiger charge is -2.18. The van der Waals surface area contributed by atoms with Crippen LogP contribution in [0.25, 0.3) is 0 Å². The Kier molecular flexibility index (Phi) is 6.95. The Balaban J connectivity index is 1.63.